The fourth-order valence-corrected chi connectivity index (χ4v) is 2.95. The van der Waals surface area contributed by atoms with Gasteiger partial charge in [0.05, 0.1) is 13.2 Å². The van der Waals surface area contributed by atoms with Crippen LogP contribution in [0.4, 0.5) is 10.1 Å². The highest BCUT2D eigenvalue weighted by Gasteiger charge is 2.14. The lowest BCUT2D eigenvalue weighted by atomic mass is 10.0. The van der Waals surface area contributed by atoms with Crippen molar-refractivity contribution in [2.24, 2.45) is 5.73 Å². The van der Waals surface area contributed by atoms with Crippen LogP contribution in [-0.4, -0.2) is 38.1 Å². The highest BCUT2D eigenvalue weighted by Crippen LogP contribution is 2.28. The van der Waals surface area contributed by atoms with Crippen LogP contribution in [0.15, 0.2) is 42.5 Å². The van der Waals surface area contributed by atoms with Gasteiger partial charge in [0.2, 0.25) is 0 Å². The second-order valence-corrected chi connectivity index (χ2v) is 6.29. The van der Waals surface area contributed by atoms with Gasteiger partial charge >= 0.3 is 5.97 Å². The Morgan fingerprint density at radius 1 is 1.19 bits per heavy atom. The number of hydrogen-bond acceptors (Lipinski definition) is 5. The van der Waals surface area contributed by atoms with Crippen LogP contribution < -0.4 is 10.6 Å². The minimum atomic E-state index is -0.651. The van der Waals surface area contributed by atoms with Crippen LogP contribution in [0.1, 0.15) is 12.0 Å². The van der Waals surface area contributed by atoms with Crippen molar-refractivity contribution < 1.29 is 18.7 Å². The van der Waals surface area contributed by atoms with Gasteiger partial charge in [0, 0.05) is 29.9 Å². The van der Waals surface area contributed by atoms with Crippen molar-refractivity contribution in [3.8, 4) is 11.1 Å². The van der Waals surface area contributed by atoms with E-state index in [1.165, 1.54) is 0 Å². The summed E-state index contributed by atoms with van der Waals surface area (Å²) < 4.78 is 25.2. The number of benzene rings is 2. The molecule has 0 bridgehead atoms. The lowest BCUT2D eigenvalue weighted by molar-refractivity contribution is -0.143. The normalized spacial score (nSPS) is 14.0. The average molecular weight is 371 g/mol. The first-order valence-electron chi connectivity index (χ1n) is 8.73. The van der Waals surface area contributed by atoms with Crippen LogP contribution in [0.2, 0.25) is 0 Å². The maximum atomic E-state index is 14.8. The third-order valence-corrected chi connectivity index (χ3v) is 4.36. The van der Waals surface area contributed by atoms with E-state index in [-0.39, 0.29) is 24.4 Å². The van der Waals surface area contributed by atoms with E-state index in [9.17, 15) is 9.18 Å². The largest absolute Gasteiger partial charge is 0.460 e. The van der Waals surface area contributed by atoms with E-state index in [0.717, 1.165) is 24.3 Å². The molecule has 3 rings (SSSR count). The van der Waals surface area contributed by atoms with Gasteiger partial charge < -0.3 is 20.1 Å². The van der Waals surface area contributed by atoms with Crippen LogP contribution in [0.5, 0.6) is 0 Å². The summed E-state index contributed by atoms with van der Waals surface area (Å²) in [7, 11) is 0. The molecule has 6 nitrogen and oxygen atoms in total. The zero-order valence-corrected chi connectivity index (χ0v) is 14.9. The Labute approximate surface area is 157 Å². The molecule has 2 aromatic rings. The molecule has 2 aromatic carbocycles. The van der Waals surface area contributed by atoms with E-state index in [2.05, 4.69) is 4.90 Å². The van der Waals surface area contributed by atoms with E-state index >= 15 is 0 Å². The Kier molecular flexibility index (Phi) is 6.03. The summed E-state index contributed by atoms with van der Waals surface area (Å²) in [6.07, 6.45) is -0.301. The molecule has 27 heavy (non-hydrogen) atoms. The zero-order valence-electron chi connectivity index (χ0n) is 14.9. The Morgan fingerprint density at radius 2 is 1.89 bits per heavy atom. The molecule has 142 valence electrons. The number of nitrogens with two attached hydrogens (primary N) is 1. The average Bonchev–Trinajstić information content (AvgIpc) is 2.67. The number of carbonyl (C=O) groups excluding carboxylic acids is 1. The van der Waals surface area contributed by atoms with Crippen LogP contribution in [0.25, 0.3) is 11.1 Å². The van der Waals surface area contributed by atoms with Crippen LogP contribution >= 0.6 is 0 Å². The number of hydrogen-bond donors (Lipinski definition) is 2. The van der Waals surface area contributed by atoms with Crippen LogP contribution in [-0.2, 0) is 20.9 Å². The highest BCUT2D eigenvalue weighted by molar-refractivity contribution is 5.94. The smallest absolute Gasteiger partial charge is 0.313 e. The molecule has 1 aliphatic heterocycles. The zero-order chi connectivity index (χ0) is 19.2. The lowest BCUT2D eigenvalue weighted by Gasteiger charge is -2.29. The Bertz CT molecular complexity index is 818. The molecule has 0 saturated carbocycles. The summed E-state index contributed by atoms with van der Waals surface area (Å²) in [5.74, 6) is -1.36. The number of halogens is 1. The van der Waals surface area contributed by atoms with Crippen molar-refractivity contribution in [3.63, 3.8) is 0 Å². The molecule has 1 heterocycles. The van der Waals surface area contributed by atoms with E-state index in [0.29, 0.717) is 18.8 Å². The van der Waals surface area contributed by atoms with Crippen LogP contribution in [0, 0.1) is 11.2 Å². The summed E-state index contributed by atoms with van der Waals surface area (Å²) >= 11 is 0. The maximum absolute atomic E-state index is 14.8. The van der Waals surface area contributed by atoms with Gasteiger partial charge in [0.1, 0.15) is 24.7 Å². The van der Waals surface area contributed by atoms with E-state index in [1.54, 1.807) is 18.2 Å². The predicted molar refractivity (Wildman–Crippen MR) is 101 cm³/mol. The summed E-state index contributed by atoms with van der Waals surface area (Å²) in [4.78, 5) is 13.7. The number of ether oxygens (including phenoxy) is 2. The number of nitrogens with zero attached hydrogens (tertiary/aromatic N) is 1. The summed E-state index contributed by atoms with van der Waals surface area (Å²) in [5, 5.41) is 7.08. The van der Waals surface area contributed by atoms with Gasteiger partial charge in [-0.1, -0.05) is 30.3 Å². The van der Waals surface area contributed by atoms with Crippen molar-refractivity contribution >= 4 is 17.5 Å². The second-order valence-electron chi connectivity index (χ2n) is 6.29. The second kappa shape index (κ2) is 8.64. The Balaban J connectivity index is 1.73. The molecule has 1 aliphatic rings. The van der Waals surface area contributed by atoms with Crippen molar-refractivity contribution in [2.45, 2.75) is 13.0 Å². The van der Waals surface area contributed by atoms with Crippen LogP contribution in [0.3, 0.4) is 0 Å². The Morgan fingerprint density at radius 3 is 2.56 bits per heavy atom. The topological polar surface area (TPSA) is 88.6 Å². The minimum Gasteiger partial charge on any atom is -0.460 e. The first kappa shape index (κ1) is 18.8. The van der Waals surface area contributed by atoms with E-state index in [4.69, 9.17) is 20.6 Å². The van der Waals surface area contributed by atoms with Gasteiger partial charge in [-0.2, -0.15) is 0 Å². The summed E-state index contributed by atoms with van der Waals surface area (Å²) in [6, 6.07) is 12.7. The SMILES string of the molecule is N=C(N)CC(=O)OCc1cccc(-c2ccc(N3CCOCC3)cc2)c1F. The van der Waals surface area contributed by atoms with Crippen molar-refractivity contribution in [1.82, 2.24) is 0 Å². The molecular weight excluding hydrogens is 349 g/mol. The molecule has 0 aliphatic carbocycles. The number of carbonyl (C=O) groups is 1. The van der Waals surface area contributed by atoms with Gasteiger partial charge in [-0.15, -0.1) is 0 Å². The van der Waals surface area contributed by atoms with Gasteiger partial charge in [-0.05, 0) is 17.7 Å². The number of nitrogens with one attached hydrogen (secondary N) is 1. The molecule has 0 amide bonds. The van der Waals surface area contributed by atoms with Gasteiger partial charge in [0.15, 0.2) is 0 Å². The summed E-state index contributed by atoms with van der Waals surface area (Å²) in [5.41, 5.74) is 7.72. The number of rotatable bonds is 6. The molecular formula is C20H22FN3O3. The predicted octanol–water partition coefficient (Wildman–Crippen LogP) is 2.70. The lowest BCUT2D eigenvalue weighted by Crippen LogP contribution is -2.36. The number of morpholine rings is 1. The first-order chi connectivity index (χ1) is 13.0. The Hall–Kier alpha value is -2.93. The molecule has 1 saturated heterocycles. The summed E-state index contributed by atoms with van der Waals surface area (Å²) in [6.45, 7) is 2.91. The molecule has 1 fully saturated rings. The molecule has 0 unspecified atom stereocenters. The van der Waals surface area contributed by atoms with Gasteiger partial charge in [0.25, 0.3) is 0 Å². The van der Waals surface area contributed by atoms with Gasteiger partial charge in [-0.25, -0.2) is 4.39 Å². The first-order valence-corrected chi connectivity index (χ1v) is 8.73. The van der Waals surface area contributed by atoms with Crippen molar-refractivity contribution in [1.29, 1.82) is 5.41 Å². The number of anilines is 1. The molecule has 0 aromatic heterocycles. The maximum Gasteiger partial charge on any atom is 0.313 e. The molecule has 0 spiro atoms. The molecule has 7 heteroatoms. The number of esters is 1. The fraction of sp³-hybridized carbons (Fsp3) is 0.300. The third kappa shape index (κ3) is 4.83. The quantitative estimate of drug-likeness (QED) is 0.463. The van der Waals surface area contributed by atoms with Crippen molar-refractivity contribution in [2.75, 3.05) is 31.2 Å². The standard InChI is InChI=1S/C20H22FN3O3/c21-20-15(13-27-19(25)12-18(22)23)2-1-3-17(20)14-4-6-16(7-5-14)24-8-10-26-11-9-24/h1-7H,8-13H2,(H3,22,23). The highest BCUT2D eigenvalue weighted by atomic mass is 19.1. The third-order valence-electron chi connectivity index (χ3n) is 4.36. The molecule has 0 radical (unpaired) electrons. The van der Waals surface area contributed by atoms with Crippen molar-refractivity contribution in [3.05, 3.63) is 53.8 Å². The number of amidine groups is 1. The minimum absolute atomic E-state index is 0.197. The molecule has 3 N–H and O–H groups in total. The monoisotopic (exact) mass is 371 g/mol. The van der Waals surface area contributed by atoms with E-state index < -0.39 is 11.8 Å². The van der Waals surface area contributed by atoms with E-state index in [1.807, 2.05) is 24.3 Å². The van der Waals surface area contributed by atoms with Gasteiger partial charge in [-0.3, -0.25) is 10.2 Å². The fourth-order valence-electron chi connectivity index (χ4n) is 2.95. The molecule has 0 atom stereocenters.